The van der Waals surface area contributed by atoms with Crippen LogP contribution in [0, 0.1) is 5.82 Å². The van der Waals surface area contributed by atoms with Crippen molar-refractivity contribution in [1.29, 1.82) is 0 Å². The maximum atomic E-state index is 12.7. The fraction of sp³-hybridized carbons (Fsp3) is 0. The minimum absolute atomic E-state index is 0.289. The Labute approximate surface area is 66.4 Å². The number of aromatic nitrogens is 3. The van der Waals surface area contributed by atoms with E-state index in [-0.39, 0.29) is 5.52 Å². The van der Waals surface area contributed by atoms with Crippen LogP contribution in [-0.2, 0) is 0 Å². The van der Waals surface area contributed by atoms with Gasteiger partial charge in [0.25, 0.3) is 0 Å². The molecule has 0 aromatic carbocycles. The first-order valence-corrected chi connectivity index (χ1v) is 3.29. The summed E-state index contributed by atoms with van der Waals surface area (Å²) in [5.74, 6) is -0.417. The molecule has 2 rings (SSSR count). The van der Waals surface area contributed by atoms with Gasteiger partial charge in [0.05, 0.1) is 18.6 Å². The fourth-order valence-corrected chi connectivity index (χ4v) is 1.04. The minimum Gasteiger partial charge on any atom is -0.259 e. The van der Waals surface area contributed by atoms with E-state index in [0.717, 1.165) is 6.20 Å². The number of fused-ring (bicyclic) bond motifs is 1. The molecule has 56 valence electrons. The molecule has 3 nitrogen and oxygen atoms in total. The third-order valence-electron chi connectivity index (χ3n) is 1.34. The SMILES string of the molecule is Fc1cnn2c(Cl)cncc12. The zero-order chi connectivity index (χ0) is 7.84. The van der Waals surface area contributed by atoms with Crippen LogP contribution in [0.5, 0.6) is 0 Å². The number of hydrogen-bond donors (Lipinski definition) is 0. The van der Waals surface area contributed by atoms with Crippen LogP contribution in [0.1, 0.15) is 0 Å². The van der Waals surface area contributed by atoms with Gasteiger partial charge >= 0.3 is 0 Å². The van der Waals surface area contributed by atoms with Gasteiger partial charge in [-0.3, -0.25) is 4.98 Å². The summed E-state index contributed by atoms with van der Waals surface area (Å²) in [7, 11) is 0. The van der Waals surface area contributed by atoms with Crippen LogP contribution in [0.25, 0.3) is 5.52 Å². The molecule has 0 bridgehead atoms. The molecule has 0 aliphatic carbocycles. The van der Waals surface area contributed by atoms with Gasteiger partial charge in [-0.1, -0.05) is 11.6 Å². The van der Waals surface area contributed by atoms with E-state index >= 15 is 0 Å². The van der Waals surface area contributed by atoms with Crippen LogP contribution in [-0.4, -0.2) is 14.6 Å². The second-order valence-corrected chi connectivity index (χ2v) is 2.41. The Bertz CT molecular complexity index is 398. The molecule has 11 heavy (non-hydrogen) atoms. The molecule has 0 radical (unpaired) electrons. The van der Waals surface area contributed by atoms with E-state index < -0.39 is 5.82 Å². The lowest BCUT2D eigenvalue weighted by Gasteiger charge is -1.92. The third kappa shape index (κ3) is 0.867. The Balaban J connectivity index is 2.94. The molecule has 2 aromatic rings. The maximum Gasteiger partial charge on any atom is 0.170 e. The summed E-state index contributed by atoms with van der Waals surface area (Å²) in [5.41, 5.74) is 0.289. The fourth-order valence-electron chi connectivity index (χ4n) is 0.849. The number of halogens is 2. The van der Waals surface area contributed by atoms with Gasteiger partial charge in [-0.05, 0) is 0 Å². The Kier molecular flexibility index (Phi) is 1.29. The van der Waals surface area contributed by atoms with Gasteiger partial charge in [-0.2, -0.15) is 5.10 Å². The van der Waals surface area contributed by atoms with Crippen LogP contribution in [0.15, 0.2) is 18.6 Å². The summed E-state index contributed by atoms with van der Waals surface area (Å²) in [6.07, 6.45) is 3.87. The lowest BCUT2D eigenvalue weighted by Crippen LogP contribution is -1.89. The van der Waals surface area contributed by atoms with Gasteiger partial charge in [-0.15, -0.1) is 0 Å². The molecule has 0 spiro atoms. The molecular formula is C6H3ClFN3. The van der Waals surface area contributed by atoms with Crippen molar-refractivity contribution in [3.8, 4) is 0 Å². The number of rotatable bonds is 0. The molecule has 0 atom stereocenters. The average molecular weight is 172 g/mol. The van der Waals surface area contributed by atoms with Crippen molar-refractivity contribution in [2.24, 2.45) is 0 Å². The average Bonchev–Trinajstić information content (AvgIpc) is 2.35. The summed E-state index contributed by atoms with van der Waals surface area (Å²) in [6, 6.07) is 0. The van der Waals surface area contributed by atoms with Crippen LogP contribution >= 0.6 is 11.6 Å². The first-order valence-electron chi connectivity index (χ1n) is 2.92. The van der Waals surface area contributed by atoms with Crippen molar-refractivity contribution in [2.45, 2.75) is 0 Å². The second-order valence-electron chi connectivity index (χ2n) is 2.02. The molecule has 0 aliphatic heterocycles. The van der Waals surface area contributed by atoms with E-state index in [0.29, 0.717) is 5.15 Å². The second kappa shape index (κ2) is 2.17. The summed E-state index contributed by atoms with van der Waals surface area (Å²) >= 11 is 5.64. The molecule has 2 aromatic heterocycles. The van der Waals surface area contributed by atoms with Crippen molar-refractivity contribution in [3.05, 3.63) is 29.6 Å². The van der Waals surface area contributed by atoms with Gasteiger partial charge in [-0.25, -0.2) is 8.91 Å². The standard InChI is InChI=1S/C6H3ClFN3/c7-6-3-9-2-5-4(8)1-10-11(5)6/h1-3H. The van der Waals surface area contributed by atoms with Crippen LogP contribution in [0.3, 0.4) is 0 Å². The van der Waals surface area contributed by atoms with Crippen LogP contribution in [0.4, 0.5) is 4.39 Å². The molecule has 0 aliphatic rings. The van der Waals surface area contributed by atoms with Gasteiger partial charge in [0.2, 0.25) is 0 Å². The number of nitrogens with zero attached hydrogens (tertiary/aromatic N) is 3. The quantitative estimate of drug-likeness (QED) is 0.602. The summed E-state index contributed by atoms with van der Waals surface area (Å²) in [6.45, 7) is 0. The molecule has 0 amide bonds. The van der Waals surface area contributed by atoms with E-state index in [4.69, 9.17) is 11.6 Å². The van der Waals surface area contributed by atoms with Crippen LogP contribution in [0.2, 0.25) is 5.15 Å². The molecule has 2 heterocycles. The smallest absolute Gasteiger partial charge is 0.170 e. The lowest BCUT2D eigenvalue weighted by atomic mass is 10.5. The molecule has 0 fully saturated rings. The van der Waals surface area contributed by atoms with E-state index in [1.165, 1.54) is 16.9 Å². The van der Waals surface area contributed by atoms with Crippen molar-refractivity contribution >= 4 is 17.1 Å². The summed E-state index contributed by atoms with van der Waals surface area (Å²) in [5, 5.41) is 3.99. The monoisotopic (exact) mass is 171 g/mol. The van der Waals surface area contributed by atoms with Crippen molar-refractivity contribution in [1.82, 2.24) is 14.6 Å². The molecule has 0 unspecified atom stereocenters. The van der Waals surface area contributed by atoms with Gasteiger partial charge in [0, 0.05) is 0 Å². The molecule has 0 saturated carbocycles. The highest BCUT2D eigenvalue weighted by Crippen LogP contribution is 2.12. The van der Waals surface area contributed by atoms with Gasteiger partial charge in [0.1, 0.15) is 10.7 Å². The van der Waals surface area contributed by atoms with E-state index in [1.54, 1.807) is 0 Å². The zero-order valence-corrected chi connectivity index (χ0v) is 6.09. The van der Waals surface area contributed by atoms with Crippen LogP contribution < -0.4 is 0 Å². The van der Waals surface area contributed by atoms with E-state index in [2.05, 4.69) is 10.1 Å². The van der Waals surface area contributed by atoms with Gasteiger partial charge < -0.3 is 0 Å². The summed E-state index contributed by atoms with van der Waals surface area (Å²) in [4.78, 5) is 3.71. The summed E-state index contributed by atoms with van der Waals surface area (Å²) < 4.78 is 14.0. The Morgan fingerprint density at radius 2 is 2.18 bits per heavy atom. The highest BCUT2D eigenvalue weighted by atomic mass is 35.5. The van der Waals surface area contributed by atoms with Crippen molar-refractivity contribution in [3.63, 3.8) is 0 Å². The lowest BCUT2D eigenvalue weighted by molar-refractivity contribution is 0.638. The largest absolute Gasteiger partial charge is 0.259 e. The maximum absolute atomic E-state index is 12.7. The molecule has 0 N–H and O–H groups in total. The highest BCUT2D eigenvalue weighted by Gasteiger charge is 2.04. The Hall–Kier alpha value is -1.16. The first kappa shape index (κ1) is 6.54. The molecule has 0 saturated heterocycles. The van der Waals surface area contributed by atoms with Crippen molar-refractivity contribution < 1.29 is 4.39 Å². The molecule has 5 heteroatoms. The van der Waals surface area contributed by atoms with Crippen molar-refractivity contribution in [2.75, 3.05) is 0 Å². The predicted octanol–water partition coefficient (Wildman–Crippen LogP) is 1.52. The third-order valence-corrected chi connectivity index (χ3v) is 1.60. The zero-order valence-electron chi connectivity index (χ0n) is 5.33. The highest BCUT2D eigenvalue weighted by molar-refractivity contribution is 6.29. The Morgan fingerprint density at radius 3 is 2.91 bits per heavy atom. The topological polar surface area (TPSA) is 30.2 Å². The minimum atomic E-state index is -0.417. The van der Waals surface area contributed by atoms with E-state index in [1.807, 2.05) is 0 Å². The van der Waals surface area contributed by atoms with E-state index in [9.17, 15) is 4.39 Å². The predicted molar refractivity (Wildman–Crippen MR) is 38.0 cm³/mol. The molecular weight excluding hydrogens is 169 g/mol. The normalized spacial score (nSPS) is 10.7. The van der Waals surface area contributed by atoms with Gasteiger partial charge in [0.15, 0.2) is 5.82 Å². The Morgan fingerprint density at radius 1 is 1.36 bits per heavy atom. The first-order chi connectivity index (χ1) is 5.29. The number of hydrogen-bond acceptors (Lipinski definition) is 2.